The van der Waals surface area contributed by atoms with Crippen molar-refractivity contribution in [1.29, 1.82) is 0 Å². The number of carboxylic acid groups (broad SMARTS) is 1. The lowest BCUT2D eigenvalue weighted by molar-refractivity contribution is -0.144. The molecule has 3 rings (SSSR count). The predicted octanol–water partition coefficient (Wildman–Crippen LogP) is 0.279. The molecule has 1 aliphatic heterocycles. The normalized spacial score (nSPS) is 18.5. The van der Waals surface area contributed by atoms with Crippen LogP contribution in [0.3, 0.4) is 0 Å². The summed E-state index contributed by atoms with van der Waals surface area (Å²) in [5.41, 5.74) is 1.22. The molecule has 0 saturated carbocycles. The van der Waals surface area contributed by atoms with Gasteiger partial charge in [-0.05, 0) is 12.1 Å². The number of amides is 1. The van der Waals surface area contributed by atoms with E-state index in [9.17, 15) is 14.4 Å². The number of benzene rings is 1. The smallest absolute Gasteiger partial charge is 0.326 e. The number of aryl methyl sites for hydroxylation is 1. The second-order valence-electron chi connectivity index (χ2n) is 5.80. The van der Waals surface area contributed by atoms with Crippen molar-refractivity contribution in [2.45, 2.75) is 13.0 Å². The van der Waals surface area contributed by atoms with E-state index in [4.69, 9.17) is 9.84 Å². The molecular formula is C16H19N3O5. The van der Waals surface area contributed by atoms with Gasteiger partial charge in [-0.25, -0.2) is 4.79 Å². The second-order valence-corrected chi connectivity index (χ2v) is 5.80. The van der Waals surface area contributed by atoms with E-state index in [2.05, 4.69) is 4.98 Å². The molecule has 1 fully saturated rings. The van der Waals surface area contributed by atoms with Crippen molar-refractivity contribution >= 4 is 22.9 Å². The summed E-state index contributed by atoms with van der Waals surface area (Å²) in [5.74, 6) is -1.86. The van der Waals surface area contributed by atoms with Crippen molar-refractivity contribution in [1.82, 2.24) is 14.5 Å². The summed E-state index contributed by atoms with van der Waals surface area (Å²) in [6.07, 6.45) is 0.133. The minimum atomic E-state index is -0.970. The molecule has 0 radical (unpaired) electrons. The third-order valence-electron chi connectivity index (χ3n) is 4.20. The molecule has 8 nitrogen and oxygen atoms in total. The molecule has 1 atom stereocenters. The number of rotatable bonds is 4. The summed E-state index contributed by atoms with van der Waals surface area (Å²) in [5, 5.41) is 9.13. The minimum Gasteiger partial charge on any atom is -0.481 e. The topological polar surface area (TPSA) is 105 Å². The highest BCUT2D eigenvalue weighted by Crippen LogP contribution is 2.12. The lowest BCUT2D eigenvalue weighted by atomic mass is 10.1. The first-order valence-corrected chi connectivity index (χ1v) is 7.82. The Kier molecular flexibility index (Phi) is 4.66. The molecule has 1 saturated heterocycles. The van der Waals surface area contributed by atoms with Crippen molar-refractivity contribution < 1.29 is 19.4 Å². The highest BCUT2D eigenvalue weighted by atomic mass is 16.5. The van der Waals surface area contributed by atoms with E-state index in [1.807, 2.05) is 18.2 Å². The number of fused-ring (bicyclic) bond motifs is 1. The molecule has 128 valence electrons. The number of ether oxygens (including phenoxy) is 1. The molecule has 0 aliphatic carbocycles. The number of carbonyl (C=O) groups is 2. The van der Waals surface area contributed by atoms with Crippen molar-refractivity contribution in [2.24, 2.45) is 5.92 Å². The van der Waals surface area contributed by atoms with Crippen molar-refractivity contribution in [3.63, 3.8) is 0 Å². The van der Waals surface area contributed by atoms with E-state index < -0.39 is 11.9 Å². The lowest BCUT2D eigenvalue weighted by Gasteiger charge is -2.22. The number of aromatic nitrogens is 2. The molecule has 2 N–H and O–H groups in total. The summed E-state index contributed by atoms with van der Waals surface area (Å²) in [4.78, 5) is 39.8. The van der Waals surface area contributed by atoms with Crippen LogP contribution in [0.15, 0.2) is 29.1 Å². The fourth-order valence-corrected chi connectivity index (χ4v) is 2.88. The maximum atomic E-state index is 12.4. The third-order valence-corrected chi connectivity index (χ3v) is 4.20. The Morgan fingerprint density at radius 3 is 2.92 bits per heavy atom. The number of carbonyl (C=O) groups excluding carboxylic acids is 1. The van der Waals surface area contributed by atoms with E-state index >= 15 is 0 Å². The molecule has 2 aromatic rings. The van der Waals surface area contributed by atoms with Crippen molar-refractivity contribution in [3.8, 4) is 0 Å². The Balaban J connectivity index is 1.69. The van der Waals surface area contributed by atoms with Gasteiger partial charge >= 0.3 is 11.7 Å². The molecule has 2 heterocycles. The van der Waals surface area contributed by atoms with E-state index in [1.54, 1.807) is 6.07 Å². The van der Waals surface area contributed by atoms with Gasteiger partial charge in [0.2, 0.25) is 5.91 Å². The van der Waals surface area contributed by atoms with Crippen LogP contribution in [-0.4, -0.2) is 57.7 Å². The number of aliphatic carboxylic acids is 1. The van der Waals surface area contributed by atoms with Crippen LogP contribution < -0.4 is 5.69 Å². The zero-order valence-electron chi connectivity index (χ0n) is 13.1. The largest absolute Gasteiger partial charge is 0.481 e. The lowest BCUT2D eigenvalue weighted by Crippen LogP contribution is -2.38. The maximum absolute atomic E-state index is 12.4. The fourth-order valence-electron chi connectivity index (χ4n) is 2.88. The first-order chi connectivity index (χ1) is 11.6. The zero-order valence-corrected chi connectivity index (χ0v) is 13.1. The Morgan fingerprint density at radius 1 is 1.33 bits per heavy atom. The molecule has 0 spiro atoms. The van der Waals surface area contributed by atoms with Gasteiger partial charge in [0.05, 0.1) is 30.2 Å². The fraction of sp³-hybridized carbons (Fsp3) is 0.438. The summed E-state index contributed by atoms with van der Waals surface area (Å²) in [6.45, 7) is 1.18. The molecule has 1 aromatic carbocycles. The number of para-hydroxylation sites is 2. The Bertz CT molecular complexity index is 809. The van der Waals surface area contributed by atoms with Gasteiger partial charge in [0, 0.05) is 26.1 Å². The van der Waals surface area contributed by atoms with Gasteiger partial charge in [-0.15, -0.1) is 0 Å². The van der Waals surface area contributed by atoms with Gasteiger partial charge in [-0.3, -0.25) is 14.2 Å². The number of H-pyrrole nitrogens is 1. The highest BCUT2D eigenvalue weighted by molar-refractivity contribution is 5.78. The Morgan fingerprint density at radius 2 is 2.12 bits per heavy atom. The monoisotopic (exact) mass is 333 g/mol. The first kappa shape index (κ1) is 16.3. The summed E-state index contributed by atoms with van der Waals surface area (Å²) in [6, 6.07) is 7.28. The maximum Gasteiger partial charge on any atom is 0.326 e. The number of nitrogens with zero attached hydrogens (tertiary/aromatic N) is 2. The standard InChI is InChI=1S/C16H19N3O5/c20-14(18-7-8-24-10-11(9-18)15(21)22)5-6-19-13-4-2-1-3-12(13)17-16(19)23/h1-4,11H,5-10H2,(H,17,23)(H,21,22). The van der Waals surface area contributed by atoms with Crippen molar-refractivity contribution in [2.75, 3.05) is 26.3 Å². The average Bonchev–Trinajstić information content (AvgIpc) is 2.74. The minimum absolute atomic E-state index is 0.112. The molecule has 8 heteroatoms. The molecule has 1 unspecified atom stereocenters. The summed E-state index contributed by atoms with van der Waals surface area (Å²) < 4.78 is 6.77. The van der Waals surface area contributed by atoms with Crippen molar-refractivity contribution in [3.05, 3.63) is 34.7 Å². The van der Waals surface area contributed by atoms with Crippen LogP contribution in [0, 0.1) is 5.92 Å². The van der Waals surface area contributed by atoms with Crippen LogP contribution in [0.2, 0.25) is 0 Å². The van der Waals surface area contributed by atoms with E-state index in [1.165, 1.54) is 9.47 Å². The Hall–Kier alpha value is -2.61. The number of aromatic amines is 1. The van der Waals surface area contributed by atoms with Crippen LogP contribution in [0.25, 0.3) is 11.0 Å². The average molecular weight is 333 g/mol. The molecule has 1 aromatic heterocycles. The van der Waals surface area contributed by atoms with Gasteiger partial charge < -0.3 is 19.7 Å². The molecule has 1 amide bonds. The van der Waals surface area contributed by atoms with Gasteiger partial charge in [0.1, 0.15) is 0 Å². The van der Waals surface area contributed by atoms with Crippen LogP contribution in [0.1, 0.15) is 6.42 Å². The van der Waals surface area contributed by atoms with Gasteiger partial charge in [0.25, 0.3) is 0 Å². The van der Waals surface area contributed by atoms with Gasteiger partial charge in [-0.2, -0.15) is 0 Å². The number of nitrogens with one attached hydrogen (secondary N) is 1. The zero-order chi connectivity index (χ0) is 17.1. The first-order valence-electron chi connectivity index (χ1n) is 7.82. The van der Waals surface area contributed by atoms with Gasteiger partial charge in [-0.1, -0.05) is 12.1 Å². The number of hydrogen-bond donors (Lipinski definition) is 2. The predicted molar refractivity (Wildman–Crippen MR) is 85.7 cm³/mol. The van der Waals surface area contributed by atoms with E-state index in [0.717, 1.165) is 11.0 Å². The summed E-state index contributed by atoms with van der Waals surface area (Å²) >= 11 is 0. The van der Waals surface area contributed by atoms with Crippen LogP contribution in [0.5, 0.6) is 0 Å². The van der Waals surface area contributed by atoms with Crippen LogP contribution in [-0.2, 0) is 20.9 Å². The van der Waals surface area contributed by atoms with Crippen LogP contribution in [0.4, 0.5) is 0 Å². The Labute approximate surface area is 137 Å². The number of carboxylic acids is 1. The third kappa shape index (κ3) is 3.33. The summed E-state index contributed by atoms with van der Waals surface area (Å²) in [7, 11) is 0. The second kappa shape index (κ2) is 6.88. The van der Waals surface area contributed by atoms with E-state index in [0.29, 0.717) is 13.2 Å². The SMILES string of the molecule is O=C(O)C1COCCN(C(=O)CCn2c(=O)[nH]c3ccccc32)C1. The van der Waals surface area contributed by atoms with Crippen LogP contribution >= 0.6 is 0 Å². The quantitative estimate of drug-likeness (QED) is 0.836. The molecule has 24 heavy (non-hydrogen) atoms. The van der Waals surface area contributed by atoms with Gasteiger partial charge in [0.15, 0.2) is 0 Å². The molecule has 0 bridgehead atoms. The van der Waals surface area contributed by atoms with E-state index in [-0.39, 0.29) is 37.7 Å². The highest BCUT2D eigenvalue weighted by Gasteiger charge is 2.27. The molecule has 1 aliphatic rings. The number of imidazole rings is 1. The number of hydrogen-bond acceptors (Lipinski definition) is 4. The molecular weight excluding hydrogens is 314 g/mol.